The zero-order valence-corrected chi connectivity index (χ0v) is 12.8. The first-order valence-corrected chi connectivity index (χ1v) is 7.70. The van der Waals surface area contributed by atoms with Gasteiger partial charge in [0.2, 0.25) is 0 Å². The van der Waals surface area contributed by atoms with Crippen molar-refractivity contribution >= 4 is 17.2 Å². The third-order valence-electron chi connectivity index (χ3n) is 3.04. The molecule has 0 saturated heterocycles. The molecular formula is C17H18N2OS. The van der Waals surface area contributed by atoms with Gasteiger partial charge in [0.05, 0.1) is 18.0 Å². The standard InChI is InChI=1S/C17H18N2OS/c1-2-13-6-3-4-8-16(13)17(20)19-12-15-10-9-14(21-15)7-5-11-18/h3-4,6,8-10H,2,11-12,18H2,1H3,(H,19,20). The minimum Gasteiger partial charge on any atom is -0.347 e. The molecule has 1 aromatic heterocycles. The van der Waals surface area contributed by atoms with Crippen LogP contribution in [0.2, 0.25) is 0 Å². The van der Waals surface area contributed by atoms with Crippen molar-refractivity contribution in [3.63, 3.8) is 0 Å². The fraction of sp³-hybridized carbons (Fsp3) is 0.235. The van der Waals surface area contributed by atoms with Crippen LogP contribution in [-0.4, -0.2) is 12.5 Å². The van der Waals surface area contributed by atoms with Crippen LogP contribution in [0.1, 0.15) is 32.6 Å². The normalized spacial score (nSPS) is 9.81. The van der Waals surface area contributed by atoms with E-state index in [1.54, 1.807) is 11.3 Å². The zero-order valence-electron chi connectivity index (χ0n) is 12.0. The van der Waals surface area contributed by atoms with Gasteiger partial charge in [0, 0.05) is 10.4 Å². The molecule has 3 nitrogen and oxygen atoms in total. The molecule has 0 saturated carbocycles. The summed E-state index contributed by atoms with van der Waals surface area (Å²) >= 11 is 1.58. The van der Waals surface area contributed by atoms with Gasteiger partial charge in [-0.1, -0.05) is 37.0 Å². The Labute approximate surface area is 129 Å². The molecule has 0 aliphatic carbocycles. The Balaban J connectivity index is 1.99. The van der Waals surface area contributed by atoms with Crippen molar-refractivity contribution < 1.29 is 4.79 Å². The Morgan fingerprint density at radius 1 is 1.29 bits per heavy atom. The summed E-state index contributed by atoms with van der Waals surface area (Å²) in [6, 6.07) is 11.6. The number of aryl methyl sites for hydroxylation is 1. The smallest absolute Gasteiger partial charge is 0.251 e. The maximum atomic E-state index is 12.2. The van der Waals surface area contributed by atoms with Gasteiger partial charge in [-0.2, -0.15) is 0 Å². The van der Waals surface area contributed by atoms with Crippen molar-refractivity contribution in [2.45, 2.75) is 19.9 Å². The van der Waals surface area contributed by atoms with Crippen LogP contribution in [0.5, 0.6) is 0 Å². The van der Waals surface area contributed by atoms with Crippen LogP contribution >= 0.6 is 11.3 Å². The maximum Gasteiger partial charge on any atom is 0.251 e. The van der Waals surface area contributed by atoms with Gasteiger partial charge in [0.25, 0.3) is 5.91 Å². The Kier molecular flexibility index (Phi) is 5.56. The van der Waals surface area contributed by atoms with E-state index in [0.717, 1.165) is 27.3 Å². The number of rotatable bonds is 4. The number of carbonyl (C=O) groups is 1. The van der Waals surface area contributed by atoms with Crippen molar-refractivity contribution in [2.75, 3.05) is 6.54 Å². The molecule has 108 valence electrons. The number of nitrogens with two attached hydrogens (primary N) is 1. The molecule has 0 aliphatic heterocycles. The zero-order chi connectivity index (χ0) is 15.1. The third-order valence-corrected chi connectivity index (χ3v) is 4.04. The van der Waals surface area contributed by atoms with E-state index in [0.29, 0.717) is 13.1 Å². The monoisotopic (exact) mass is 298 g/mol. The van der Waals surface area contributed by atoms with E-state index < -0.39 is 0 Å². The average Bonchev–Trinajstić information content (AvgIpc) is 2.98. The molecule has 3 N–H and O–H groups in total. The topological polar surface area (TPSA) is 55.1 Å². The van der Waals surface area contributed by atoms with Gasteiger partial charge in [-0.05, 0) is 30.2 Å². The molecule has 21 heavy (non-hydrogen) atoms. The second-order valence-corrected chi connectivity index (χ2v) is 5.63. The van der Waals surface area contributed by atoms with Crippen LogP contribution in [0.3, 0.4) is 0 Å². The minimum absolute atomic E-state index is 0.0320. The second-order valence-electron chi connectivity index (χ2n) is 4.47. The Morgan fingerprint density at radius 2 is 2.10 bits per heavy atom. The van der Waals surface area contributed by atoms with Crippen LogP contribution in [0, 0.1) is 11.8 Å². The number of carbonyl (C=O) groups excluding carboxylic acids is 1. The Hall–Kier alpha value is -2.09. The fourth-order valence-electron chi connectivity index (χ4n) is 1.99. The molecule has 0 atom stereocenters. The highest BCUT2D eigenvalue weighted by Crippen LogP contribution is 2.16. The summed E-state index contributed by atoms with van der Waals surface area (Å²) in [4.78, 5) is 14.3. The van der Waals surface area contributed by atoms with Gasteiger partial charge in [-0.25, -0.2) is 0 Å². The molecule has 1 heterocycles. The molecule has 1 amide bonds. The number of benzene rings is 1. The summed E-state index contributed by atoms with van der Waals surface area (Å²) in [6.45, 7) is 2.93. The number of thiophene rings is 1. The first-order valence-electron chi connectivity index (χ1n) is 6.88. The molecule has 2 rings (SSSR count). The average molecular weight is 298 g/mol. The van der Waals surface area contributed by atoms with Crippen molar-refractivity contribution in [3.05, 3.63) is 57.3 Å². The number of hydrogen-bond donors (Lipinski definition) is 2. The number of amides is 1. The van der Waals surface area contributed by atoms with E-state index in [4.69, 9.17) is 5.73 Å². The number of hydrogen-bond acceptors (Lipinski definition) is 3. The van der Waals surface area contributed by atoms with Crippen molar-refractivity contribution in [3.8, 4) is 11.8 Å². The van der Waals surface area contributed by atoms with E-state index in [1.807, 2.05) is 43.3 Å². The molecule has 0 radical (unpaired) electrons. The lowest BCUT2D eigenvalue weighted by atomic mass is 10.0. The SMILES string of the molecule is CCc1ccccc1C(=O)NCc1ccc(C#CCN)s1. The molecule has 0 unspecified atom stereocenters. The largest absolute Gasteiger partial charge is 0.347 e. The Bertz CT molecular complexity index is 679. The second kappa shape index (κ2) is 7.63. The number of nitrogens with one attached hydrogen (secondary N) is 1. The van der Waals surface area contributed by atoms with Crippen LogP contribution in [0.25, 0.3) is 0 Å². The lowest BCUT2D eigenvalue weighted by Gasteiger charge is -2.07. The maximum absolute atomic E-state index is 12.2. The van der Waals surface area contributed by atoms with E-state index >= 15 is 0 Å². The van der Waals surface area contributed by atoms with Gasteiger partial charge in [-0.3, -0.25) is 4.79 Å². The van der Waals surface area contributed by atoms with E-state index in [-0.39, 0.29) is 5.91 Å². The van der Waals surface area contributed by atoms with Crippen molar-refractivity contribution in [1.29, 1.82) is 0 Å². The first-order chi connectivity index (χ1) is 10.2. The van der Waals surface area contributed by atoms with Gasteiger partial charge >= 0.3 is 0 Å². The predicted molar refractivity (Wildman–Crippen MR) is 87.2 cm³/mol. The van der Waals surface area contributed by atoms with Crippen LogP contribution in [-0.2, 0) is 13.0 Å². The van der Waals surface area contributed by atoms with Gasteiger partial charge < -0.3 is 11.1 Å². The molecule has 0 spiro atoms. The van der Waals surface area contributed by atoms with Crippen LogP contribution in [0.15, 0.2) is 36.4 Å². The van der Waals surface area contributed by atoms with Crippen LogP contribution < -0.4 is 11.1 Å². The summed E-state index contributed by atoms with van der Waals surface area (Å²) in [6.07, 6.45) is 0.849. The molecule has 0 bridgehead atoms. The quantitative estimate of drug-likeness (QED) is 0.852. The summed E-state index contributed by atoms with van der Waals surface area (Å²) in [5, 5.41) is 2.96. The van der Waals surface area contributed by atoms with Crippen molar-refractivity contribution in [1.82, 2.24) is 5.32 Å². The highest BCUT2D eigenvalue weighted by Gasteiger charge is 2.09. The van der Waals surface area contributed by atoms with Gasteiger partial charge in [-0.15, -0.1) is 11.3 Å². The van der Waals surface area contributed by atoms with Crippen LogP contribution in [0.4, 0.5) is 0 Å². The summed E-state index contributed by atoms with van der Waals surface area (Å²) in [7, 11) is 0. The van der Waals surface area contributed by atoms with Gasteiger partial charge in [0.15, 0.2) is 0 Å². The molecule has 0 fully saturated rings. The van der Waals surface area contributed by atoms with Crippen molar-refractivity contribution in [2.24, 2.45) is 5.73 Å². The molecule has 4 heteroatoms. The van der Waals surface area contributed by atoms with Gasteiger partial charge in [0.1, 0.15) is 0 Å². The Morgan fingerprint density at radius 3 is 2.86 bits per heavy atom. The minimum atomic E-state index is -0.0320. The molecule has 1 aromatic carbocycles. The van der Waals surface area contributed by atoms with E-state index in [2.05, 4.69) is 17.2 Å². The van der Waals surface area contributed by atoms with E-state index in [9.17, 15) is 4.79 Å². The molecular weight excluding hydrogens is 280 g/mol. The highest BCUT2D eigenvalue weighted by molar-refractivity contribution is 7.12. The fourth-order valence-corrected chi connectivity index (χ4v) is 2.81. The summed E-state index contributed by atoms with van der Waals surface area (Å²) in [5.74, 6) is 5.79. The first kappa shape index (κ1) is 15.3. The lowest BCUT2D eigenvalue weighted by molar-refractivity contribution is 0.0950. The highest BCUT2D eigenvalue weighted by atomic mass is 32.1. The molecule has 0 aliphatic rings. The predicted octanol–water partition coefficient (Wildman–Crippen LogP) is 2.55. The summed E-state index contributed by atoms with van der Waals surface area (Å²) in [5.41, 5.74) is 7.16. The van der Waals surface area contributed by atoms with E-state index in [1.165, 1.54) is 0 Å². The summed E-state index contributed by atoms with van der Waals surface area (Å²) < 4.78 is 0. The lowest BCUT2D eigenvalue weighted by Crippen LogP contribution is -2.23. The third kappa shape index (κ3) is 4.19. The molecule has 2 aromatic rings.